The number of ether oxygens (including phenoxy) is 1. The molecule has 1 N–H and O–H groups in total. The Labute approximate surface area is 120 Å². The lowest BCUT2D eigenvalue weighted by Gasteiger charge is -2.33. The minimum Gasteiger partial charge on any atom is -0.368 e. The monoisotopic (exact) mass is 277 g/mol. The van der Waals surface area contributed by atoms with Crippen LogP contribution in [-0.2, 0) is 4.74 Å². The Bertz CT molecular complexity index is 456. The second-order valence-electron chi connectivity index (χ2n) is 6.29. The van der Waals surface area contributed by atoms with E-state index in [-0.39, 0.29) is 18.0 Å². The van der Waals surface area contributed by atoms with Crippen LogP contribution >= 0.6 is 0 Å². The molecule has 3 heteroatoms. The van der Waals surface area contributed by atoms with Gasteiger partial charge in [-0.25, -0.2) is 4.39 Å². The summed E-state index contributed by atoms with van der Waals surface area (Å²) < 4.78 is 19.7. The summed E-state index contributed by atoms with van der Waals surface area (Å²) in [6, 6.07) is 4.99. The van der Waals surface area contributed by atoms with Crippen molar-refractivity contribution in [1.29, 1.82) is 0 Å². The molecule has 0 amide bonds. The summed E-state index contributed by atoms with van der Waals surface area (Å²) in [6.07, 6.45) is 6.87. The molecule has 2 aliphatic rings. The van der Waals surface area contributed by atoms with E-state index < -0.39 is 0 Å². The first-order valence-electron chi connectivity index (χ1n) is 7.84. The van der Waals surface area contributed by atoms with E-state index >= 15 is 0 Å². The molecule has 1 aromatic rings. The highest BCUT2D eigenvalue weighted by Crippen LogP contribution is 2.32. The molecule has 2 atom stereocenters. The van der Waals surface area contributed by atoms with E-state index in [1.807, 2.05) is 13.0 Å². The maximum absolute atomic E-state index is 13.5. The van der Waals surface area contributed by atoms with Crippen LogP contribution in [0.4, 0.5) is 4.39 Å². The fourth-order valence-electron chi connectivity index (χ4n) is 3.60. The zero-order valence-electron chi connectivity index (χ0n) is 12.2. The maximum Gasteiger partial charge on any atom is 0.123 e. The average Bonchev–Trinajstić information content (AvgIpc) is 2.95. The molecule has 1 saturated heterocycles. The van der Waals surface area contributed by atoms with Crippen LogP contribution in [0, 0.1) is 18.7 Å². The lowest BCUT2D eigenvalue weighted by Crippen LogP contribution is -2.41. The Morgan fingerprint density at radius 3 is 2.85 bits per heavy atom. The van der Waals surface area contributed by atoms with E-state index in [1.165, 1.54) is 31.7 Å². The number of aryl methyl sites for hydroxylation is 1. The summed E-state index contributed by atoms with van der Waals surface area (Å²) in [5, 5.41) is 3.46. The Morgan fingerprint density at radius 1 is 1.25 bits per heavy atom. The van der Waals surface area contributed by atoms with Crippen LogP contribution in [0.2, 0.25) is 0 Å². The number of benzene rings is 1. The third kappa shape index (κ3) is 3.21. The first-order valence-corrected chi connectivity index (χ1v) is 7.84. The lowest BCUT2D eigenvalue weighted by atomic mass is 9.97. The second kappa shape index (κ2) is 6.23. The van der Waals surface area contributed by atoms with Crippen LogP contribution in [0.25, 0.3) is 0 Å². The van der Waals surface area contributed by atoms with E-state index in [9.17, 15) is 4.39 Å². The molecule has 0 spiro atoms. The van der Waals surface area contributed by atoms with Gasteiger partial charge in [0.2, 0.25) is 0 Å². The Hall–Kier alpha value is -0.930. The van der Waals surface area contributed by atoms with E-state index in [0.717, 1.165) is 36.6 Å². The highest BCUT2D eigenvalue weighted by molar-refractivity contribution is 5.29. The molecule has 2 nitrogen and oxygen atoms in total. The molecule has 0 bridgehead atoms. The summed E-state index contributed by atoms with van der Waals surface area (Å²) in [5.41, 5.74) is 2.10. The summed E-state index contributed by atoms with van der Waals surface area (Å²) >= 11 is 0. The molecular formula is C17H24FNO. The molecule has 1 heterocycles. The SMILES string of the molecule is Cc1ccc(F)cc1C1CNCC(CC2CCCC2)O1. The average molecular weight is 277 g/mol. The van der Waals surface area contributed by atoms with Gasteiger partial charge in [-0.2, -0.15) is 0 Å². The van der Waals surface area contributed by atoms with Gasteiger partial charge in [0.25, 0.3) is 0 Å². The van der Waals surface area contributed by atoms with Gasteiger partial charge in [0.15, 0.2) is 0 Å². The highest BCUT2D eigenvalue weighted by Gasteiger charge is 2.27. The molecule has 20 heavy (non-hydrogen) atoms. The van der Waals surface area contributed by atoms with Crippen molar-refractivity contribution in [2.75, 3.05) is 13.1 Å². The van der Waals surface area contributed by atoms with Gasteiger partial charge in [-0.05, 0) is 42.5 Å². The van der Waals surface area contributed by atoms with Gasteiger partial charge >= 0.3 is 0 Å². The van der Waals surface area contributed by atoms with Crippen molar-refractivity contribution in [3.8, 4) is 0 Å². The Kier molecular flexibility index (Phi) is 4.37. The van der Waals surface area contributed by atoms with Crippen molar-refractivity contribution in [1.82, 2.24) is 5.32 Å². The quantitative estimate of drug-likeness (QED) is 0.908. The number of halogens is 1. The van der Waals surface area contributed by atoms with Crippen molar-refractivity contribution < 1.29 is 9.13 Å². The molecule has 0 radical (unpaired) electrons. The van der Waals surface area contributed by atoms with Crippen LogP contribution in [0.1, 0.15) is 49.3 Å². The van der Waals surface area contributed by atoms with Crippen molar-refractivity contribution in [2.45, 2.75) is 51.2 Å². The Morgan fingerprint density at radius 2 is 2.05 bits per heavy atom. The van der Waals surface area contributed by atoms with Crippen LogP contribution in [-0.4, -0.2) is 19.2 Å². The van der Waals surface area contributed by atoms with Gasteiger partial charge in [0.05, 0.1) is 12.2 Å². The van der Waals surface area contributed by atoms with Gasteiger partial charge < -0.3 is 10.1 Å². The van der Waals surface area contributed by atoms with Gasteiger partial charge in [0.1, 0.15) is 5.82 Å². The summed E-state index contributed by atoms with van der Waals surface area (Å²) in [4.78, 5) is 0. The zero-order chi connectivity index (χ0) is 13.9. The van der Waals surface area contributed by atoms with Crippen molar-refractivity contribution in [3.63, 3.8) is 0 Å². The predicted molar refractivity (Wildman–Crippen MR) is 78.2 cm³/mol. The lowest BCUT2D eigenvalue weighted by molar-refractivity contribution is -0.0492. The van der Waals surface area contributed by atoms with Gasteiger partial charge in [0, 0.05) is 13.1 Å². The molecule has 1 aliphatic heterocycles. The molecule has 2 fully saturated rings. The largest absolute Gasteiger partial charge is 0.368 e. The van der Waals surface area contributed by atoms with E-state index in [0.29, 0.717) is 0 Å². The second-order valence-corrected chi connectivity index (χ2v) is 6.29. The maximum atomic E-state index is 13.5. The van der Waals surface area contributed by atoms with Crippen LogP contribution in [0.3, 0.4) is 0 Å². The molecule has 1 aliphatic carbocycles. The molecular weight excluding hydrogens is 253 g/mol. The smallest absolute Gasteiger partial charge is 0.123 e. The van der Waals surface area contributed by atoms with Crippen LogP contribution < -0.4 is 5.32 Å². The summed E-state index contributed by atoms with van der Waals surface area (Å²) in [6.45, 7) is 3.74. The van der Waals surface area contributed by atoms with Crippen molar-refractivity contribution in [2.24, 2.45) is 5.92 Å². The fraction of sp³-hybridized carbons (Fsp3) is 0.647. The Balaban J connectivity index is 1.66. The molecule has 3 rings (SSSR count). The molecule has 1 saturated carbocycles. The van der Waals surface area contributed by atoms with Crippen LogP contribution in [0.15, 0.2) is 18.2 Å². The van der Waals surface area contributed by atoms with Crippen LogP contribution in [0.5, 0.6) is 0 Å². The minimum absolute atomic E-state index is 0.00847. The number of morpholine rings is 1. The first kappa shape index (κ1) is 14.0. The van der Waals surface area contributed by atoms with E-state index in [4.69, 9.17) is 4.74 Å². The minimum atomic E-state index is -0.174. The number of hydrogen-bond donors (Lipinski definition) is 1. The zero-order valence-corrected chi connectivity index (χ0v) is 12.2. The van der Waals surface area contributed by atoms with Crippen molar-refractivity contribution in [3.05, 3.63) is 35.1 Å². The van der Waals surface area contributed by atoms with Gasteiger partial charge in [-0.1, -0.05) is 31.7 Å². The van der Waals surface area contributed by atoms with E-state index in [1.54, 1.807) is 6.07 Å². The standard InChI is InChI=1S/C17H24FNO/c1-12-6-7-14(18)9-16(12)17-11-19-10-15(20-17)8-13-4-2-3-5-13/h6-7,9,13,15,17,19H,2-5,8,10-11H2,1H3. The summed E-state index contributed by atoms with van der Waals surface area (Å²) in [5.74, 6) is 0.654. The van der Waals surface area contributed by atoms with E-state index in [2.05, 4.69) is 5.32 Å². The number of rotatable bonds is 3. The molecule has 0 aromatic heterocycles. The topological polar surface area (TPSA) is 21.3 Å². The summed E-state index contributed by atoms with van der Waals surface area (Å²) in [7, 11) is 0. The number of hydrogen-bond acceptors (Lipinski definition) is 2. The molecule has 110 valence electrons. The van der Waals surface area contributed by atoms with Gasteiger partial charge in [-0.3, -0.25) is 0 Å². The number of nitrogens with one attached hydrogen (secondary N) is 1. The third-order valence-corrected chi connectivity index (χ3v) is 4.72. The highest BCUT2D eigenvalue weighted by atomic mass is 19.1. The molecule has 1 aromatic carbocycles. The van der Waals surface area contributed by atoms with Gasteiger partial charge in [-0.15, -0.1) is 0 Å². The predicted octanol–water partition coefficient (Wildman–Crippen LogP) is 3.74. The first-order chi connectivity index (χ1) is 9.72. The molecule has 2 unspecified atom stereocenters. The normalized spacial score (nSPS) is 27.9. The fourth-order valence-corrected chi connectivity index (χ4v) is 3.60. The van der Waals surface area contributed by atoms with Crippen molar-refractivity contribution >= 4 is 0 Å². The third-order valence-electron chi connectivity index (χ3n) is 4.72.